The van der Waals surface area contributed by atoms with Crippen molar-refractivity contribution in [3.8, 4) is 5.75 Å². The Kier molecular flexibility index (Phi) is 5.52. The molecule has 6 nitrogen and oxygen atoms in total. The molecule has 4 N–H and O–H groups in total. The van der Waals surface area contributed by atoms with Gasteiger partial charge in [0.15, 0.2) is 6.61 Å². The number of nitrogens with one attached hydrogen (secondary N) is 1. The normalized spacial score (nSPS) is 13.3. The predicted octanol–water partition coefficient (Wildman–Crippen LogP) is 1.46. The van der Waals surface area contributed by atoms with Crippen molar-refractivity contribution in [2.75, 3.05) is 18.5 Å². The van der Waals surface area contributed by atoms with Crippen molar-refractivity contribution < 1.29 is 19.4 Å². The molecule has 0 spiro atoms. The molecule has 1 aromatic rings. The Morgan fingerprint density at radius 1 is 1.35 bits per heavy atom. The Morgan fingerprint density at radius 3 is 2.40 bits per heavy atom. The molecule has 0 radical (unpaired) electrons. The molecule has 0 aliphatic carbocycles. The lowest BCUT2D eigenvalue weighted by Gasteiger charge is -2.24. The lowest BCUT2D eigenvalue weighted by molar-refractivity contribution is -0.139. The van der Waals surface area contributed by atoms with E-state index in [2.05, 4.69) is 5.32 Å². The van der Waals surface area contributed by atoms with Crippen LogP contribution in [0.25, 0.3) is 0 Å². The van der Waals surface area contributed by atoms with Gasteiger partial charge in [-0.15, -0.1) is 0 Å². The quantitative estimate of drug-likeness (QED) is 0.702. The molecule has 1 unspecified atom stereocenters. The van der Waals surface area contributed by atoms with Crippen LogP contribution in [0, 0.1) is 5.41 Å². The monoisotopic (exact) mass is 280 g/mol. The fourth-order valence-corrected chi connectivity index (χ4v) is 1.46. The van der Waals surface area contributed by atoms with Crippen LogP contribution in [-0.2, 0) is 9.59 Å². The summed E-state index contributed by atoms with van der Waals surface area (Å²) in [6.07, 6.45) is 0.648. The van der Waals surface area contributed by atoms with E-state index < -0.39 is 18.0 Å². The second-order valence-corrected chi connectivity index (χ2v) is 4.78. The van der Waals surface area contributed by atoms with E-state index in [9.17, 15) is 9.59 Å². The summed E-state index contributed by atoms with van der Waals surface area (Å²) in [5.74, 6) is -0.742. The highest BCUT2D eigenvalue weighted by molar-refractivity contribution is 5.95. The van der Waals surface area contributed by atoms with Gasteiger partial charge in [-0.1, -0.05) is 6.92 Å². The number of aliphatic carboxylic acids is 1. The highest BCUT2D eigenvalue weighted by Crippen LogP contribution is 2.23. The van der Waals surface area contributed by atoms with Crippen LogP contribution in [0.4, 0.5) is 5.69 Å². The maximum absolute atomic E-state index is 12.1. The largest absolute Gasteiger partial charge is 0.482 e. The molecular formula is C14H20N2O4. The van der Waals surface area contributed by atoms with E-state index in [0.717, 1.165) is 0 Å². The summed E-state index contributed by atoms with van der Waals surface area (Å²) in [5, 5.41) is 11.3. The zero-order valence-electron chi connectivity index (χ0n) is 11.7. The Morgan fingerprint density at radius 2 is 1.95 bits per heavy atom. The summed E-state index contributed by atoms with van der Waals surface area (Å²) in [5.41, 5.74) is 5.65. The van der Waals surface area contributed by atoms with E-state index in [1.807, 2.05) is 13.8 Å². The molecule has 20 heavy (non-hydrogen) atoms. The van der Waals surface area contributed by atoms with Gasteiger partial charge in [0, 0.05) is 12.2 Å². The van der Waals surface area contributed by atoms with Gasteiger partial charge in [-0.2, -0.15) is 0 Å². The number of nitrogens with two attached hydrogens (primary N) is 1. The molecule has 1 aromatic carbocycles. The summed E-state index contributed by atoms with van der Waals surface area (Å²) in [6, 6.07) is 6.51. The van der Waals surface area contributed by atoms with Crippen LogP contribution >= 0.6 is 0 Å². The smallest absolute Gasteiger partial charge is 0.341 e. The number of anilines is 1. The van der Waals surface area contributed by atoms with Gasteiger partial charge in [-0.25, -0.2) is 4.79 Å². The number of rotatable bonds is 7. The molecule has 0 bridgehead atoms. The summed E-state index contributed by atoms with van der Waals surface area (Å²) in [6.45, 7) is 3.60. The molecule has 0 aliphatic rings. The lowest BCUT2D eigenvalue weighted by Crippen LogP contribution is -2.39. The van der Waals surface area contributed by atoms with Crippen molar-refractivity contribution >= 4 is 17.6 Å². The molecule has 0 aliphatic heterocycles. The highest BCUT2D eigenvalue weighted by atomic mass is 16.5. The van der Waals surface area contributed by atoms with Crippen LogP contribution in [0.1, 0.15) is 20.3 Å². The van der Waals surface area contributed by atoms with Gasteiger partial charge in [0.05, 0.1) is 5.41 Å². The van der Waals surface area contributed by atoms with Crippen molar-refractivity contribution in [3.05, 3.63) is 24.3 Å². The molecule has 1 amide bonds. The van der Waals surface area contributed by atoms with Crippen molar-refractivity contribution in [1.82, 2.24) is 0 Å². The SMILES string of the molecule is CCC(C)(CN)C(=O)Nc1ccc(OCC(=O)O)cc1. The minimum Gasteiger partial charge on any atom is -0.482 e. The van der Waals surface area contributed by atoms with E-state index in [1.54, 1.807) is 24.3 Å². The molecule has 1 rings (SSSR count). The van der Waals surface area contributed by atoms with E-state index >= 15 is 0 Å². The Hall–Kier alpha value is -2.08. The number of hydrogen-bond acceptors (Lipinski definition) is 4. The number of amides is 1. The molecule has 0 saturated carbocycles. The van der Waals surface area contributed by atoms with Gasteiger partial charge in [0.25, 0.3) is 0 Å². The Bertz CT molecular complexity index is 467. The van der Waals surface area contributed by atoms with Gasteiger partial charge < -0.3 is 20.9 Å². The van der Waals surface area contributed by atoms with Crippen molar-refractivity contribution in [3.63, 3.8) is 0 Å². The molecule has 0 aromatic heterocycles. The minimum absolute atomic E-state index is 0.137. The van der Waals surface area contributed by atoms with Crippen LogP contribution in [-0.4, -0.2) is 30.1 Å². The third-order valence-electron chi connectivity index (χ3n) is 3.25. The number of carbonyl (C=O) groups is 2. The van der Waals surface area contributed by atoms with Crippen LogP contribution in [0.5, 0.6) is 5.75 Å². The van der Waals surface area contributed by atoms with Gasteiger partial charge in [0.2, 0.25) is 5.91 Å². The first-order valence-electron chi connectivity index (χ1n) is 6.37. The molecule has 0 saturated heterocycles. The fourth-order valence-electron chi connectivity index (χ4n) is 1.46. The average molecular weight is 280 g/mol. The molecule has 110 valence electrons. The third kappa shape index (κ3) is 4.24. The molecule has 6 heteroatoms. The van der Waals surface area contributed by atoms with E-state index in [4.69, 9.17) is 15.6 Å². The minimum atomic E-state index is -1.04. The van der Waals surface area contributed by atoms with Crippen molar-refractivity contribution in [1.29, 1.82) is 0 Å². The number of carboxylic acids is 1. The van der Waals surface area contributed by atoms with Crippen LogP contribution in [0.15, 0.2) is 24.3 Å². The summed E-state index contributed by atoms with van der Waals surface area (Å²) < 4.78 is 5.00. The van der Waals surface area contributed by atoms with E-state index in [0.29, 0.717) is 17.9 Å². The van der Waals surface area contributed by atoms with E-state index in [1.165, 1.54) is 0 Å². The second kappa shape index (κ2) is 6.91. The fraction of sp³-hybridized carbons (Fsp3) is 0.429. The molecular weight excluding hydrogens is 260 g/mol. The first-order chi connectivity index (χ1) is 9.41. The second-order valence-electron chi connectivity index (χ2n) is 4.78. The number of carbonyl (C=O) groups excluding carboxylic acids is 1. The molecule has 0 fully saturated rings. The zero-order chi connectivity index (χ0) is 15.2. The van der Waals surface area contributed by atoms with Gasteiger partial charge in [0.1, 0.15) is 5.75 Å². The van der Waals surface area contributed by atoms with Crippen molar-refractivity contribution in [2.24, 2.45) is 11.1 Å². The zero-order valence-corrected chi connectivity index (χ0v) is 11.7. The summed E-state index contributed by atoms with van der Waals surface area (Å²) >= 11 is 0. The lowest BCUT2D eigenvalue weighted by atomic mass is 9.86. The summed E-state index contributed by atoms with van der Waals surface area (Å²) in [4.78, 5) is 22.5. The first-order valence-corrected chi connectivity index (χ1v) is 6.37. The van der Waals surface area contributed by atoms with Crippen LogP contribution < -0.4 is 15.8 Å². The average Bonchev–Trinajstić information content (AvgIpc) is 2.45. The number of hydrogen-bond donors (Lipinski definition) is 3. The van der Waals surface area contributed by atoms with Gasteiger partial charge in [-0.3, -0.25) is 4.79 Å². The maximum atomic E-state index is 12.1. The molecule has 1 atom stereocenters. The van der Waals surface area contributed by atoms with E-state index in [-0.39, 0.29) is 12.5 Å². The van der Waals surface area contributed by atoms with Gasteiger partial charge in [-0.05, 0) is 37.6 Å². The number of carboxylic acid groups (broad SMARTS) is 1. The maximum Gasteiger partial charge on any atom is 0.341 e. The first kappa shape index (κ1) is 16.0. The summed E-state index contributed by atoms with van der Waals surface area (Å²) in [7, 11) is 0. The topological polar surface area (TPSA) is 102 Å². The Balaban J connectivity index is 2.65. The Labute approximate surface area is 117 Å². The standard InChI is InChI=1S/C14H20N2O4/c1-3-14(2,9-15)13(19)16-10-4-6-11(7-5-10)20-8-12(17)18/h4-7H,3,8-9,15H2,1-2H3,(H,16,19)(H,17,18). The van der Waals surface area contributed by atoms with Crippen LogP contribution in [0.3, 0.4) is 0 Å². The van der Waals surface area contributed by atoms with Crippen molar-refractivity contribution in [2.45, 2.75) is 20.3 Å². The number of benzene rings is 1. The highest BCUT2D eigenvalue weighted by Gasteiger charge is 2.29. The molecule has 0 heterocycles. The predicted molar refractivity (Wildman–Crippen MR) is 75.7 cm³/mol. The van der Waals surface area contributed by atoms with Gasteiger partial charge >= 0.3 is 5.97 Å². The number of ether oxygens (including phenoxy) is 1. The van der Waals surface area contributed by atoms with Crippen LogP contribution in [0.2, 0.25) is 0 Å². The third-order valence-corrected chi connectivity index (χ3v) is 3.25.